The van der Waals surface area contributed by atoms with Crippen molar-refractivity contribution < 1.29 is 19.0 Å². The largest absolute Gasteiger partial charge is 0.341 e. The fourth-order valence-electron chi connectivity index (χ4n) is 3.96. The van der Waals surface area contributed by atoms with E-state index in [1.165, 1.54) is 16.8 Å². The lowest BCUT2D eigenvalue weighted by atomic mass is 9.97. The van der Waals surface area contributed by atoms with Crippen LogP contribution in [0.25, 0.3) is 0 Å². The highest BCUT2D eigenvalue weighted by Crippen LogP contribution is 2.54. The maximum Gasteiger partial charge on any atom is 0.330 e. The fraction of sp³-hybridized carbons (Fsp3) is 0.667. The average molecular weight is 322 g/mol. The molecule has 23 heavy (non-hydrogen) atoms. The molecule has 1 N–H and O–H groups in total. The highest BCUT2D eigenvalue weighted by molar-refractivity contribution is 5.59. The zero-order valence-electron chi connectivity index (χ0n) is 12.7. The van der Waals surface area contributed by atoms with E-state index in [0.717, 1.165) is 25.7 Å². The quantitative estimate of drug-likeness (QED) is 0.774. The van der Waals surface area contributed by atoms with Gasteiger partial charge in [-0.05, 0) is 19.8 Å². The highest BCUT2D eigenvalue weighted by Gasteiger charge is 2.66. The molecule has 0 radical (unpaired) electrons. The van der Waals surface area contributed by atoms with Crippen LogP contribution in [0.5, 0.6) is 0 Å². The standard InChI is InChI=1S/C15H18N2O6/c1-14-11(22-15(23-14)5-2-3-6-15)9(8-18)21-12(14)17-7-4-10(19)16-13(17)20/h4,7-9,11-12H,2-3,5-6H2,1H3,(H,16,19,20)/t9-,11-,12-,14-/m1/s1. The lowest BCUT2D eigenvalue weighted by Crippen LogP contribution is -2.45. The monoisotopic (exact) mass is 322 g/mol. The fourth-order valence-corrected chi connectivity index (χ4v) is 3.96. The summed E-state index contributed by atoms with van der Waals surface area (Å²) in [6.45, 7) is 1.79. The predicted molar refractivity (Wildman–Crippen MR) is 76.9 cm³/mol. The van der Waals surface area contributed by atoms with Crippen molar-refractivity contribution in [2.45, 2.75) is 62.4 Å². The number of H-pyrrole nitrogens is 1. The Balaban J connectivity index is 1.77. The minimum Gasteiger partial charge on any atom is -0.341 e. The molecule has 2 saturated heterocycles. The summed E-state index contributed by atoms with van der Waals surface area (Å²) in [5.74, 6) is -0.700. The van der Waals surface area contributed by atoms with Gasteiger partial charge in [0.25, 0.3) is 5.56 Å². The molecule has 4 rings (SSSR count). The summed E-state index contributed by atoms with van der Waals surface area (Å²) in [5.41, 5.74) is -2.07. The molecule has 0 aromatic carbocycles. The molecule has 0 bridgehead atoms. The van der Waals surface area contributed by atoms with Crippen molar-refractivity contribution in [1.82, 2.24) is 9.55 Å². The minimum atomic E-state index is -0.974. The van der Waals surface area contributed by atoms with Crippen LogP contribution in [0.3, 0.4) is 0 Å². The molecule has 1 spiro atoms. The van der Waals surface area contributed by atoms with Gasteiger partial charge in [0, 0.05) is 25.1 Å². The summed E-state index contributed by atoms with van der Waals surface area (Å²) in [4.78, 5) is 37.0. The Kier molecular flexibility index (Phi) is 3.13. The van der Waals surface area contributed by atoms with Gasteiger partial charge in [-0.2, -0.15) is 0 Å². The van der Waals surface area contributed by atoms with Crippen molar-refractivity contribution >= 4 is 6.29 Å². The van der Waals surface area contributed by atoms with Crippen molar-refractivity contribution in [2.75, 3.05) is 0 Å². The minimum absolute atomic E-state index is 0.492. The number of carbonyl (C=O) groups excluding carboxylic acids is 1. The molecule has 2 aliphatic heterocycles. The maximum atomic E-state index is 12.1. The normalized spacial score (nSPS) is 38.0. The van der Waals surface area contributed by atoms with Crippen LogP contribution in [0.15, 0.2) is 21.9 Å². The molecule has 3 heterocycles. The molecule has 1 saturated carbocycles. The molecular formula is C15H18N2O6. The van der Waals surface area contributed by atoms with E-state index < -0.39 is 41.1 Å². The van der Waals surface area contributed by atoms with E-state index in [2.05, 4.69) is 4.98 Å². The molecule has 1 aromatic rings. The first-order chi connectivity index (χ1) is 11.0. The zero-order chi connectivity index (χ0) is 16.2. The van der Waals surface area contributed by atoms with Crippen molar-refractivity contribution in [3.8, 4) is 0 Å². The number of nitrogens with zero attached hydrogens (tertiary/aromatic N) is 1. The van der Waals surface area contributed by atoms with Crippen molar-refractivity contribution in [2.24, 2.45) is 0 Å². The van der Waals surface area contributed by atoms with E-state index in [-0.39, 0.29) is 0 Å². The lowest BCUT2D eigenvalue weighted by molar-refractivity contribution is -0.228. The Labute approximate surface area is 131 Å². The van der Waals surface area contributed by atoms with Gasteiger partial charge in [-0.3, -0.25) is 14.3 Å². The maximum absolute atomic E-state index is 12.1. The van der Waals surface area contributed by atoms with E-state index in [1.807, 2.05) is 0 Å². The summed E-state index contributed by atoms with van der Waals surface area (Å²) in [5, 5.41) is 0. The van der Waals surface area contributed by atoms with Gasteiger partial charge in [-0.1, -0.05) is 0 Å². The molecule has 0 amide bonds. The van der Waals surface area contributed by atoms with E-state index in [4.69, 9.17) is 14.2 Å². The third kappa shape index (κ3) is 2.05. The summed E-state index contributed by atoms with van der Waals surface area (Å²) >= 11 is 0. The van der Waals surface area contributed by atoms with Gasteiger partial charge < -0.3 is 19.0 Å². The summed E-state index contributed by atoms with van der Waals surface area (Å²) in [6.07, 6.45) is 3.31. The number of ether oxygens (including phenoxy) is 3. The van der Waals surface area contributed by atoms with Crippen LogP contribution in [0.1, 0.15) is 38.8 Å². The Hall–Kier alpha value is -1.77. The Morgan fingerprint density at radius 3 is 2.74 bits per heavy atom. The molecule has 3 aliphatic rings. The van der Waals surface area contributed by atoms with Crippen molar-refractivity contribution in [1.29, 1.82) is 0 Å². The van der Waals surface area contributed by atoms with Crippen LogP contribution in [-0.2, 0) is 19.0 Å². The van der Waals surface area contributed by atoms with Crippen LogP contribution in [0.4, 0.5) is 0 Å². The number of aromatic nitrogens is 2. The van der Waals surface area contributed by atoms with Crippen LogP contribution < -0.4 is 11.2 Å². The second-order valence-corrected chi connectivity index (χ2v) is 6.55. The number of carbonyl (C=O) groups is 1. The third-order valence-electron chi connectivity index (χ3n) is 4.99. The Bertz CT molecular complexity index is 749. The predicted octanol–water partition coefficient (Wildman–Crippen LogP) is 0.0773. The highest BCUT2D eigenvalue weighted by atomic mass is 16.8. The first-order valence-corrected chi connectivity index (χ1v) is 7.78. The molecule has 1 aromatic heterocycles. The van der Waals surface area contributed by atoms with Gasteiger partial charge in [-0.15, -0.1) is 0 Å². The molecule has 0 unspecified atom stereocenters. The topological polar surface area (TPSA) is 99.6 Å². The summed E-state index contributed by atoms with van der Waals surface area (Å²) in [6, 6.07) is 1.23. The van der Waals surface area contributed by atoms with Crippen LogP contribution in [-0.4, -0.2) is 39.4 Å². The molecule has 8 heteroatoms. The average Bonchev–Trinajstić information content (AvgIpc) is 3.13. The van der Waals surface area contributed by atoms with E-state index in [0.29, 0.717) is 6.29 Å². The number of rotatable bonds is 2. The second kappa shape index (κ2) is 4.86. The second-order valence-electron chi connectivity index (χ2n) is 6.55. The van der Waals surface area contributed by atoms with E-state index >= 15 is 0 Å². The van der Waals surface area contributed by atoms with Crippen molar-refractivity contribution in [3.63, 3.8) is 0 Å². The molecule has 8 nitrogen and oxygen atoms in total. The smallest absolute Gasteiger partial charge is 0.330 e. The number of hydrogen-bond donors (Lipinski definition) is 1. The summed E-state index contributed by atoms with van der Waals surface area (Å²) < 4.78 is 19.3. The van der Waals surface area contributed by atoms with Gasteiger partial charge in [0.2, 0.25) is 0 Å². The number of nitrogens with one attached hydrogen (secondary N) is 1. The Morgan fingerprint density at radius 1 is 1.35 bits per heavy atom. The van der Waals surface area contributed by atoms with Crippen LogP contribution in [0, 0.1) is 0 Å². The number of aldehydes is 1. The van der Waals surface area contributed by atoms with Gasteiger partial charge in [-0.25, -0.2) is 4.79 Å². The van der Waals surface area contributed by atoms with Gasteiger partial charge in [0.1, 0.15) is 17.8 Å². The first kappa shape index (κ1) is 14.8. The van der Waals surface area contributed by atoms with Gasteiger partial charge >= 0.3 is 5.69 Å². The number of aromatic amines is 1. The zero-order valence-corrected chi connectivity index (χ0v) is 12.7. The number of fused-ring (bicyclic) bond motifs is 1. The SMILES string of the molecule is C[C@@]12OC3(CCCC3)O[C@@H]1[C@@H](C=O)O[C@H]2n1ccc(=O)[nH]c1=O. The number of hydrogen-bond acceptors (Lipinski definition) is 6. The summed E-state index contributed by atoms with van der Waals surface area (Å²) in [7, 11) is 0. The molecular weight excluding hydrogens is 304 g/mol. The van der Waals surface area contributed by atoms with Gasteiger partial charge in [0.15, 0.2) is 18.3 Å². The van der Waals surface area contributed by atoms with Crippen LogP contribution >= 0.6 is 0 Å². The first-order valence-electron chi connectivity index (χ1n) is 7.78. The van der Waals surface area contributed by atoms with E-state index in [9.17, 15) is 14.4 Å². The van der Waals surface area contributed by atoms with E-state index in [1.54, 1.807) is 6.92 Å². The van der Waals surface area contributed by atoms with Crippen molar-refractivity contribution in [3.05, 3.63) is 33.1 Å². The molecule has 3 fully saturated rings. The lowest BCUT2D eigenvalue weighted by Gasteiger charge is -2.31. The van der Waals surface area contributed by atoms with Gasteiger partial charge in [0.05, 0.1) is 0 Å². The molecule has 124 valence electrons. The molecule has 4 atom stereocenters. The molecule has 1 aliphatic carbocycles. The third-order valence-corrected chi connectivity index (χ3v) is 4.99. The Morgan fingerprint density at radius 2 is 2.09 bits per heavy atom. The van der Waals surface area contributed by atoms with Crippen LogP contribution in [0.2, 0.25) is 0 Å².